The fourth-order valence-electron chi connectivity index (χ4n) is 2.14. The third-order valence-electron chi connectivity index (χ3n) is 3.46. The average Bonchev–Trinajstić information content (AvgIpc) is 2.69. The summed E-state index contributed by atoms with van der Waals surface area (Å²) in [6, 6.07) is 24.0. The zero-order chi connectivity index (χ0) is 19.6. The van der Waals surface area contributed by atoms with E-state index < -0.39 is 0 Å². The molecule has 3 aromatic carbocycles. The van der Waals surface area contributed by atoms with E-state index in [9.17, 15) is 9.59 Å². The van der Waals surface area contributed by atoms with Crippen molar-refractivity contribution in [3.8, 4) is 0 Å². The molecule has 2 N–H and O–H groups in total. The molecule has 0 atom stereocenters. The van der Waals surface area contributed by atoms with Crippen LogP contribution in [-0.2, 0) is 0 Å². The van der Waals surface area contributed by atoms with Gasteiger partial charge in [0, 0.05) is 27.2 Å². The zero-order valence-corrected chi connectivity index (χ0v) is 17.7. The van der Waals surface area contributed by atoms with Crippen LogP contribution in [0.4, 0.5) is 5.69 Å². The van der Waals surface area contributed by atoms with Crippen molar-refractivity contribution < 1.29 is 9.59 Å². The molecule has 0 spiro atoms. The highest BCUT2D eigenvalue weighted by Crippen LogP contribution is 2.17. The lowest BCUT2D eigenvalue weighted by atomic mass is 10.2. The number of hydrogen-bond acceptors (Lipinski definition) is 2. The summed E-state index contributed by atoms with van der Waals surface area (Å²) in [6.45, 7) is 0. The Balaban J connectivity index is 0.000000208. The van der Waals surface area contributed by atoms with Crippen LogP contribution < -0.4 is 10.6 Å². The van der Waals surface area contributed by atoms with Crippen molar-refractivity contribution in [2.45, 2.75) is 0 Å². The van der Waals surface area contributed by atoms with Gasteiger partial charge in [-0.1, -0.05) is 52.3 Å². The summed E-state index contributed by atoms with van der Waals surface area (Å²) in [5.74, 6) is -0.176. The van der Waals surface area contributed by atoms with Crippen LogP contribution in [0.1, 0.15) is 20.7 Å². The Labute approximate surface area is 175 Å². The van der Waals surface area contributed by atoms with Gasteiger partial charge in [-0.2, -0.15) is 0 Å². The average molecular weight is 490 g/mol. The molecule has 4 nitrogen and oxygen atoms in total. The molecule has 3 rings (SSSR count). The first kappa shape index (κ1) is 20.9. The molecule has 0 aliphatic heterocycles. The molecule has 0 unspecified atom stereocenters. The van der Waals surface area contributed by atoms with Gasteiger partial charge in [-0.3, -0.25) is 9.59 Å². The van der Waals surface area contributed by atoms with Gasteiger partial charge < -0.3 is 10.6 Å². The molecule has 27 heavy (non-hydrogen) atoms. The minimum Gasteiger partial charge on any atom is -0.355 e. The van der Waals surface area contributed by atoms with Gasteiger partial charge in [-0.25, -0.2) is 0 Å². The van der Waals surface area contributed by atoms with Crippen molar-refractivity contribution in [2.75, 3.05) is 12.4 Å². The monoisotopic (exact) mass is 488 g/mol. The molecule has 0 bridgehead atoms. The second kappa shape index (κ2) is 10.6. The van der Waals surface area contributed by atoms with Crippen molar-refractivity contribution in [1.82, 2.24) is 5.32 Å². The van der Waals surface area contributed by atoms with Crippen LogP contribution in [0.15, 0.2) is 87.8 Å². The number of benzene rings is 3. The largest absolute Gasteiger partial charge is 0.355 e. The molecule has 3 aromatic rings. The van der Waals surface area contributed by atoms with Gasteiger partial charge in [0.25, 0.3) is 11.8 Å². The first-order valence-corrected chi connectivity index (χ1v) is 9.68. The number of carbonyl (C=O) groups is 2. The number of hydrogen-bond donors (Lipinski definition) is 2. The minimum atomic E-state index is -0.112. The van der Waals surface area contributed by atoms with E-state index >= 15 is 0 Å². The number of para-hydroxylation sites is 1. The molecule has 0 aliphatic rings. The standard InChI is InChI=1S/C13H10BrNO.C8H8BrNO/c14-12-9-5-4-8-11(12)13(16)15-10-6-2-1-3-7-10;1-10-8(11)6-3-2-4-7(9)5-6/h1-9H,(H,15,16);2-5H,1H3,(H,10,11). The molecule has 138 valence electrons. The summed E-state index contributed by atoms with van der Waals surface area (Å²) in [4.78, 5) is 22.9. The van der Waals surface area contributed by atoms with Crippen LogP contribution in [0.2, 0.25) is 0 Å². The van der Waals surface area contributed by atoms with E-state index in [1.165, 1.54) is 0 Å². The molecule has 0 heterocycles. The summed E-state index contributed by atoms with van der Waals surface area (Å²) >= 11 is 6.63. The minimum absolute atomic E-state index is 0.0636. The van der Waals surface area contributed by atoms with E-state index in [0.717, 1.165) is 14.6 Å². The Morgan fingerprint density at radius 3 is 2.07 bits per heavy atom. The van der Waals surface area contributed by atoms with Gasteiger partial charge >= 0.3 is 0 Å². The summed E-state index contributed by atoms with van der Waals surface area (Å²) in [5, 5.41) is 5.38. The van der Waals surface area contributed by atoms with Crippen LogP contribution >= 0.6 is 31.9 Å². The van der Waals surface area contributed by atoms with Crippen molar-refractivity contribution in [3.63, 3.8) is 0 Å². The molecular weight excluding hydrogens is 472 g/mol. The van der Waals surface area contributed by atoms with Crippen molar-refractivity contribution in [3.05, 3.63) is 98.9 Å². The van der Waals surface area contributed by atoms with Gasteiger partial charge in [0.1, 0.15) is 0 Å². The first-order valence-electron chi connectivity index (χ1n) is 8.10. The highest BCUT2D eigenvalue weighted by Gasteiger charge is 2.08. The maximum atomic E-state index is 11.9. The summed E-state index contributed by atoms with van der Waals surface area (Å²) in [6.07, 6.45) is 0. The summed E-state index contributed by atoms with van der Waals surface area (Å²) in [7, 11) is 1.61. The van der Waals surface area contributed by atoms with Gasteiger partial charge in [0.05, 0.1) is 5.56 Å². The van der Waals surface area contributed by atoms with Gasteiger partial charge in [-0.05, 0) is 58.4 Å². The third kappa shape index (κ3) is 6.66. The van der Waals surface area contributed by atoms with Crippen LogP contribution in [0.3, 0.4) is 0 Å². The zero-order valence-electron chi connectivity index (χ0n) is 14.6. The number of rotatable bonds is 3. The Hall–Kier alpha value is -2.44. The predicted octanol–water partition coefficient (Wildman–Crippen LogP) is 5.51. The van der Waals surface area contributed by atoms with E-state index in [0.29, 0.717) is 11.1 Å². The smallest absolute Gasteiger partial charge is 0.256 e. The van der Waals surface area contributed by atoms with Gasteiger partial charge in [-0.15, -0.1) is 0 Å². The Morgan fingerprint density at radius 1 is 0.778 bits per heavy atom. The van der Waals surface area contributed by atoms with Crippen LogP contribution in [0.25, 0.3) is 0 Å². The normalized spacial score (nSPS) is 9.59. The van der Waals surface area contributed by atoms with Crippen molar-refractivity contribution >= 4 is 49.4 Å². The lowest BCUT2D eigenvalue weighted by Crippen LogP contribution is -2.17. The van der Waals surface area contributed by atoms with E-state index in [2.05, 4.69) is 42.5 Å². The molecule has 0 fully saturated rings. The number of amides is 2. The lowest BCUT2D eigenvalue weighted by molar-refractivity contribution is 0.0962. The Morgan fingerprint density at radius 2 is 1.44 bits per heavy atom. The van der Waals surface area contributed by atoms with E-state index in [1.54, 1.807) is 25.2 Å². The van der Waals surface area contributed by atoms with Crippen LogP contribution in [-0.4, -0.2) is 18.9 Å². The summed E-state index contributed by atoms with van der Waals surface area (Å²) < 4.78 is 1.71. The van der Waals surface area contributed by atoms with Crippen LogP contribution in [0.5, 0.6) is 0 Å². The number of anilines is 1. The maximum Gasteiger partial charge on any atom is 0.256 e. The fraction of sp³-hybridized carbons (Fsp3) is 0.0476. The van der Waals surface area contributed by atoms with Crippen LogP contribution in [0, 0.1) is 0 Å². The van der Waals surface area contributed by atoms with E-state index in [-0.39, 0.29) is 11.8 Å². The number of nitrogens with one attached hydrogen (secondary N) is 2. The van der Waals surface area contributed by atoms with E-state index in [1.807, 2.05) is 60.7 Å². The van der Waals surface area contributed by atoms with E-state index in [4.69, 9.17) is 0 Å². The van der Waals surface area contributed by atoms with Gasteiger partial charge in [0.2, 0.25) is 0 Å². The SMILES string of the molecule is CNC(=O)c1cccc(Br)c1.O=C(Nc1ccccc1)c1ccccc1Br. The first-order chi connectivity index (χ1) is 13.0. The fourth-order valence-corrected chi connectivity index (χ4v) is 3.00. The number of halogens is 2. The highest BCUT2D eigenvalue weighted by molar-refractivity contribution is 9.10. The Bertz CT molecular complexity index is 915. The molecule has 6 heteroatoms. The predicted molar refractivity (Wildman–Crippen MR) is 116 cm³/mol. The van der Waals surface area contributed by atoms with Crippen molar-refractivity contribution in [1.29, 1.82) is 0 Å². The molecular formula is C21H18Br2N2O2. The molecule has 0 saturated carbocycles. The molecule has 0 radical (unpaired) electrons. The summed E-state index contributed by atoms with van der Waals surface area (Å²) in [5.41, 5.74) is 2.09. The molecule has 0 saturated heterocycles. The van der Waals surface area contributed by atoms with Crippen molar-refractivity contribution in [2.24, 2.45) is 0 Å². The lowest BCUT2D eigenvalue weighted by Gasteiger charge is -2.06. The topological polar surface area (TPSA) is 58.2 Å². The van der Waals surface area contributed by atoms with Gasteiger partial charge in [0.15, 0.2) is 0 Å². The molecule has 0 aliphatic carbocycles. The maximum absolute atomic E-state index is 11.9. The number of carbonyl (C=O) groups excluding carboxylic acids is 2. The second-order valence-corrected chi connectivity index (χ2v) is 7.16. The quantitative estimate of drug-likeness (QED) is 0.509. The molecule has 0 aromatic heterocycles. The Kier molecular flexibility index (Phi) is 8.23. The molecule has 2 amide bonds. The highest BCUT2D eigenvalue weighted by atomic mass is 79.9. The second-order valence-electron chi connectivity index (χ2n) is 5.39. The third-order valence-corrected chi connectivity index (χ3v) is 4.65.